The van der Waals surface area contributed by atoms with Crippen molar-refractivity contribution in [3.63, 3.8) is 0 Å². The van der Waals surface area contributed by atoms with Gasteiger partial charge in [0.25, 0.3) is 0 Å². The summed E-state index contributed by atoms with van der Waals surface area (Å²) in [6.45, 7) is 0. The van der Waals surface area contributed by atoms with Crippen molar-refractivity contribution in [3.05, 3.63) is 12.2 Å². The van der Waals surface area contributed by atoms with Crippen LogP contribution >= 0.6 is 11.8 Å². The molecule has 4 nitrogen and oxygen atoms in total. The first-order chi connectivity index (χ1) is 12.2. The standard InChI is InChI=1S/C20H30O4S/c21-16(22)10-4-2-1-3-9-14-15(11-12-25-13-7-5-6-8-13)18-20-19(24-20)17(14)23-18/h1,3,13-15,17-20H,2,4-12H2,(H,21,22)/b3-1-/t14-,15+,17+,18-,19-,20+/m0/s1. The first-order valence-electron chi connectivity index (χ1n) is 10.0. The Kier molecular flexibility index (Phi) is 5.73. The van der Waals surface area contributed by atoms with E-state index < -0.39 is 5.97 Å². The van der Waals surface area contributed by atoms with Gasteiger partial charge < -0.3 is 14.6 Å². The molecule has 1 saturated carbocycles. The maximum atomic E-state index is 10.6. The van der Waals surface area contributed by atoms with Crippen LogP contribution in [-0.2, 0) is 14.3 Å². The number of hydrogen-bond donors (Lipinski definition) is 1. The van der Waals surface area contributed by atoms with Crippen LogP contribution in [0.2, 0.25) is 0 Å². The predicted molar refractivity (Wildman–Crippen MR) is 98.9 cm³/mol. The summed E-state index contributed by atoms with van der Waals surface area (Å²) >= 11 is 2.18. The minimum Gasteiger partial charge on any atom is -0.481 e. The molecular weight excluding hydrogens is 336 g/mol. The van der Waals surface area contributed by atoms with Gasteiger partial charge in [0.15, 0.2) is 0 Å². The molecule has 1 N–H and O–H groups in total. The van der Waals surface area contributed by atoms with E-state index in [1.807, 2.05) is 0 Å². The SMILES string of the molecule is O=C(O)CCC/C=C\C[C@H]1[C@@H](CCSC2CCCC2)[C@@H]2O[C@H]1[C@@H]1O[C@@H]12. The van der Waals surface area contributed by atoms with Gasteiger partial charge in [-0.05, 0) is 56.1 Å². The van der Waals surface area contributed by atoms with Crippen LogP contribution in [0.1, 0.15) is 57.8 Å². The third-order valence-corrected chi connectivity index (χ3v) is 7.77. The van der Waals surface area contributed by atoms with Gasteiger partial charge in [-0.25, -0.2) is 0 Å². The molecule has 6 atom stereocenters. The molecule has 0 unspecified atom stereocenters. The molecule has 25 heavy (non-hydrogen) atoms. The molecule has 0 aromatic carbocycles. The van der Waals surface area contributed by atoms with Crippen LogP contribution in [-0.4, -0.2) is 46.5 Å². The van der Waals surface area contributed by atoms with Gasteiger partial charge in [0.2, 0.25) is 0 Å². The molecule has 3 heterocycles. The van der Waals surface area contributed by atoms with Crippen LogP contribution in [0, 0.1) is 11.8 Å². The van der Waals surface area contributed by atoms with Gasteiger partial charge in [0.1, 0.15) is 12.2 Å². The van der Waals surface area contributed by atoms with Crippen molar-refractivity contribution in [3.8, 4) is 0 Å². The van der Waals surface area contributed by atoms with E-state index in [9.17, 15) is 4.79 Å². The van der Waals surface area contributed by atoms with Gasteiger partial charge in [-0.2, -0.15) is 11.8 Å². The van der Waals surface area contributed by atoms with Crippen molar-refractivity contribution in [1.82, 2.24) is 0 Å². The van der Waals surface area contributed by atoms with Crippen molar-refractivity contribution in [2.75, 3.05) is 5.75 Å². The molecule has 140 valence electrons. The Morgan fingerprint density at radius 1 is 1.04 bits per heavy atom. The summed E-state index contributed by atoms with van der Waals surface area (Å²) in [7, 11) is 0. The number of unbranched alkanes of at least 4 members (excludes halogenated alkanes) is 1. The topological polar surface area (TPSA) is 59.1 Å². The Labute approximate surface area is 154 Å². The summed E-state index contributed by atoms with van der Waals surface area (Å²) in [4.78, 5) is 10.6. The molecule has 3 saturated heterocycles. The van der Waals surface area contributed by atoms with E-state index >= 15 is 0 Å². The maximum absolute atomic E-state index is 10.6. The lowest BCUT2D eigenvalue weighted by Crippen LogP contribution is -2.33. The second-order valence-electron chi connectivity index (χ2n) is 8.02. The summed E-state index contributed by atoms with van der Waals surface area (Å²) in [6.07, 6.45) is 15.6. The number of ether oxygens (including phenoxy) is 2. The van der Waals surface area contributed by atoms with Crippen molar-refractivity contribution in [1.29, 1.82) is 0 Å². The Hall–Kier alpha value is -0.520. The van der Waals surface area contributed by atoms with E-state index in [1.54, 1.807) is 0 Å². The summed E-state index contributed by atoms with van der Waals surface area (Å²) in [5, 5.41) is 9.59. The highest BCUT2D eigenvalue weighted by Crippen LogP contribution is 2.56. The minimum absolute atomic E-state index is 0.264. The van der Waals surface area contributed by atoms with Crippen LogP contribution in [0.4, 0.5) is 0 Å². The first-order valence-corrected chi connectivity index (χ1v) is 11.1. The lowest BCUT2D eigenvalue weighted by Gasteiger charge is -2.25. The van der Waals surface area contributed by atoms with Crippen LogP contribution < -0.4 is 0 Å². The Bertz CT molecular complexity index is 502. The minimum atomic E-state index is -0.702. The molecule has 4 aliphatic rings. The van der Waals surface area contributed by atoms with Crippen LogP contribution in [0.5, 0.6) is 0 Å². The zero-order valence-corrected chi connectivity index (χ0v) is 15.7. The van der Waals surface area contributed by atoms with E-state index in [0.29, 0.717) is 36.3 Å². The van der Waals surface area contributed by atoms with Crippen molar-refractivity contribution < 1.29 is 19.4 Å². The molecule has 3 aliphatic heterocycles. The number of thioether (sulfide) groups is 1. The molecule has 4 rings (SSSR count). The summed E-state index contributed by atoms with van der Waals surface area (Å²) < 4.78 is 12.1. The number of carboxylic acid groups (broad SMARTS) is 1. The average molecular weight is 367 g/mol. The molecule has 0 aromatic rings. The van der Waals surface area contributed by atoms with Crippen molar-refractivity contribution >= 4 is 17.7 Å². The van der Waals surface area contributed by atoms with E-state index in [1.165, 1.54) is 37.9 Å². The van der Waals surface area contributed by atoms with Gasteiger partial charge in [-0.1, -0.05) is 25.0 Å². The largest absolute Gasteiger partial charge is 0.481 e. The fourth-order valence-corrected chi connectivity index (χ4v) is 6.44. The second-order valence-corrected chi connectivity index (χ2v) is 9.43. The summed E-state index contributed by atoms with van der Waals surface area (Å²) in [5.41, 5.74) is 0. The second kappa shape index (κ2) is 8.01. The number of hydrogen-bond acceptors (Lipinski definition) is 4. The molecule has 0 radical (unpaired) electrons. The van der Waals surface area contributed by atoms with Gasteiger partial charge >= 0.3 is 5.97 Å². The van der Waals surface area contributed by atoms with Gasteiger partial charge in [0.05, 0.1) is 12.2 Å². The lowest BCUT2D eigenvalue weighted by atomic mass is 9.76. The molecule has 0 spiro atoms. The van der Waals surface area contributed by atoms with Crippen LogP contribution in [0.15, 0.2) is 12.2 Å². The first kappa shape index (κ1) is 17.9. The molecule has 0 aromatic heterocycles. The van der Waals surface area contributed by atoms with Crippen LogP contribution in [0.3, 0.4) is 0 Å². The summed E-state index contributed by atoms with van der Waals surface area (Å²) in [6, 6.07) is 0. The van der Waals surface area contributed by atoms with Gasteiger partial charge in [-0.15, -0.1) is 0 Å². The zero-order chi connectivity index (χ0) is 17.2. The number of carbonyl (C=O) groups is 1. The van der Waals surface area contributed by atoms with E-state index in [4.69, 9.17) is 14.6 Å². The van der Waals surface area contributed by atoms with Crippen molar-refractivity contribution in [2.24, 2.45) is 11.8 Å². The average Bonchev–Trinajstić information content (AvgIpc) is 2.94. The van der Waals surface area contributed by atoms with Gasteiger partial charge in [0, 0.05) is 11.7 Å². The Morgan fingerprint density at radius 3 is 2.52 bits per heavy atom. The number of aliphatic carboxylic acids is 1. The lowest BCUT2D eigenvalue weighted by molar-refractivity contribution is -0.137. The number of carboxylic acids is 1. The molecule has 5 heteroatoms. The monoisotopic (exact) mass is 366 g/mol. The third-order valence-electron chi connectivity index (χ3n) is 6.36. The number of epoxide rings is 1. The van der Waals surface area contributed by atoms with E-state index in [-0.39, 0.29) is 6.42 Å². The highest BCUT2D eigenvalue weighted by atomic mass is 32.2. The fraction of sp³-hybridized carbons (Fsp3) is 0.850. The van der Waals surface area contributed by atoms with E-state index in [0.717, 1.165) is 24.5 Å². The predicted octanol–water partition coefficient (Wildman–Crippen LogP) is 4.03. The Balaban J connectivity index is 1.23. The normalized spacial score (nSPS) is 39.4. The highest BCUT2D eigenvalue weighted by molar-refractivity contribution is 7.99. The zero-order valence-electron chi connectivity index (χ0n) is 14.8. The van der Waals surface area contributed by atoms with Crippen molar-refractivity contribution in [2.45, 2.75) is 87.5 Å². The third kappa shape index (κ3) is 4.09. The van der Waals surface area contributed by atoms with Gasteiger partial charge in [-0.3, -0.25) is 4.79 Å². The number of allylic oxidation sites excluding steroid dienone is 2. The van der Waals surface area contributed by atoms with E-state index in [2.05, 4.69) is 23.9 Å². The number of rotatable bonds is 10. The fourth-order valence-electron chi connectivity index (χ4n) is 5.03. The maximum Gasteiger partial charge on any atom is 0.303 e. The molecule has 2 bridgehead atoms. The highest BCUT2D eigenvalue weighted by Gasteiger charge is 2.68. The summed E-state index contributed by atoms with van der Waals surface area (Å²) in [5.74, 6) is 1.80. The smallest absolute Gasteiger partial charge is 0.303 e. The molecule has 0 amide bonds. The number of fused-ring (bicyclic) bond motifs is 5. The molecular formula is C20H30O4S. The van der Waals surface area contributed by atoms with Crippen LogP contribution in [0.25, 0.3) is 0 Å². The quantitative estimate of drug-likeness (QED) is 0.359. The Morgan fingerprint density at radius 2 is 1.76 bits per heavy atom. The molecule has 4 fully saturated rings. The molecule has 1 aliphatic carbocycles.